The minimum Gasteiger partial charge on any atom is -0.337 e. The van der Waals surface area contributed by atoms with Crippen molar-refractivity contribution in [3.63, 3.8) is 0 Å². The number of thiophene rings is 1. The molecule has 0 unspecified atom stereocenters. The molecule has 104 valence electrons. The SMILES string of the molecule is CCCCN(c1cccn1C)S(=O)(=O)c1cccs1. The Hall–Kier alpha value is -1.27. The first kappa shape index (κ1) is 14.1. The summed E-state index contributed by atoms with van der Waals surface area (Å²) in [6.45, 7) is 2.57. The van der Waals surface area contributed by atoms with E-state index in [0.29, 0.717) is 16.6 Å². The molecule has 0 bridgehead atoms. The molecule has 0 N–H and O–H groups in total. The van der Waals surface area contributed by atoms with Crippen LogP contribution in [0.4, 0.5) is 5.82 Å². The Kier molecular flexibility index (Phi) is 4.31. The summed E-state index contributed by atoms with van der Waals surface area (Å²) in [5.41, 5.74) is 0. The minimum atomic E-state index is -3.44. The normalized spacial score (nSPS) is 11.7. The molecule has 0 aliphatic rings. The van der Waals surface area contributed by atoms with E-state index in [1.54, 1.807) is 17.5 Å². The lowest BCUT2D eigenvalue weighted by Crippen LogP contribution is -2.32. The van der Waals surface area contributed by atoms with E-state index in [4.69, 9.17) is 0 Å². The van der Waals surface area contributed by atoms with E-state index < -0.39 is 10.0 Å². The maximum absolute atomic E-state index is 12.7. The number of rotatable bonds is 6. The van der Waals surface area contributed by atoms with E-state index in [1.165, 1.54) is 15.6 Å². The Morgan fingerprint density at radius 1 is 1.32 bits per heavy atom. The number of aromatic nitrogens is 1. The van der Waals surface area contributed by atoms with Crippen molar-refractivity contribution in [2.24, 2.45) is 7.05 Å². The molecule has 0 radical (unpaired) electrons. The van der Waals surface area contributed by atoms with Gasteiger partial charge in [-0.2, -0.15) is 0 Å². The third-order valence-corrected chi connectivity index (χ3v) is 6.10. The average Bonchev–Trinajstić information content (AvgIpc) is 3.01. The first-order valence-corrected chi connectivity index (χ1v) is 8.57. The highest BCUT2D eigenvalue weighted by Crippen LogP contribution is 2.26. The van der Waals surface area contributed by atoms with Crippen LogP contribution in [0.15, 0.2) is 40.1 Å². The summed E-state index contributed by atoms with van der Waals surface area (Å²) >= 11 is 1.26. The highest BCUT2D eigenvalue weighted by Gasteiger charge is 2.26. The summed E-state index contributed by atoms with van der Waals surface area (Å²) in [6.07, 6.45) is 3.66. The first-order chi connectivity index (χ1) is 9.07. The van der Waals surface area contributed by atoms with Gasteiger partial charge < -0.3 is 4.57 Å². The van der Waals surface area contributed by atoms with Gasteiger partial charge in [-0.05, 0) is 30.0 Å². The Balaban J connectivity index is 2.41. The molecule has 2 rings (SSSR count). The van der Waals surface area contributed by atoms with E-state index >= 15 is 0 Å². The summed E-state index contributed by atoms with van der Waals surface area (Å²) in [6, 6.07) is 7.11. The van der Waals surface area contributed by atoms with Crippen molar-refractivity contribution in [3.05, 3.63) is 35.8 Å². The molecule has 0 amide bonds. The molecule has 0 atom stereocenters. The van der Waals surface area contributed by atoms with Crippen LogP contribution in [0.3, 0.4) is 0 Å². The molecule has 4 nitrogen and oxygen atoms in total. The van der Waals surface area contributed by atoms with E-state index in [-0.39, 0.29) is 0 Å². The van der Waals surface area contributed by atoms with Crippen LogP contribution in [0.5, 0.6) is 0 Å². The quantitative estimate of drug-likeness (QED) is 0.822. The van der Waals surface area contributed by atoms with Crippen molar-refractivity contribution in [1.82, 2.24) is 4.57 Å². The zero-order valence-electron chi connectivity index (χ0n) is 11.1. The van der Waals surface area contributed by atoms with Gasteiger partial charge in [0, 0.05) is 19.8 Å². The number of sulfonamides is 1. The summed E-state index contributed by atoms with van der Waals surface area (Å²) in [5.74, 6) is 0.710. The van der Waals surface area contributed by atoms with Gasteiger partial charge >= 0.3 is 0 Å². The number of anilines is 1. The van der Waals surface area contributed by atoms with Gasteiger partial charge in [0.25, 0.3) is 10.0 Å². The van der Waals surface area contributed by atoms with Crippen LogP contribution in [0, 0.1) is 0 Å². The van der Waals surface area contributed by atoms with Crippen molar-refractivity contribution < 1.29 is 8.42 Å². The molecule has 2 aromatic heterocycles. The molecule has 19 heavy (non-hydrogen) atoms. The van der Waals surface area contributed by atoms with Crippen LogP contribution < -0.4 is 4.31 Å². The molecule has 2 aromatic rings. The van der Waals surface area contributed by atoms with Crippen LogP contribution in [-0.4, -0.2) is 19.5 Å². The van der Waals surface area contributed by atoms with Gasteiger partial charge in [0.15, 0.2) is 0 Å². The Bertz CT molecular complexity index is 615. The molecule has 0 aromatic carbocycles. The fourth-order valence-electron chi connectivity index (χ4n) is 1.89. The number of hydrogen-bond acceptors (Lipinski definition) is 3. The van der Waals surface area contributed by atoms with Gasteiger partial charge in [0.1, 0.15) is 10.0 Å². The summed E-state index contributed by atoms with van der Waals surface area (Å²) in [4.78, 5) is 0. The molecular formula is C13H18N2O2S2. The smallest absolute Gasteiger partial charge is 0.274 e. The van der Waals surface area contributed by atoms with Gasteiger partial charge in [0.2, 0.25) is 0 Å². The highest BCUT2D eigenvalue weighted by atomic mass is 32.2. The van der Waals surface area contributed by atoms with Crippen LogP contribution in [-0.2, 0) is 17.1 Å². The zero-order chi connectivity index (χ0) is 13.9. The van der Waals surface area contributed by atoms with Crippen molar-refractivity contribution in [3.8, 4) is 0 Å². The largest absolute Gasteiger partial charge is 0.337 e. The van der Waals surface area contributed by atoms with Crippen molar-refractivity contribution in [1.29, 1.82) is 0 Å². The van der Waals surface area contributed by atoms with Gasteiger partial charge in [-0.25, -0.2) is 8.42 Å². The zero-order valence-corrected chi connectivity index (χ0v) is 12.7. The van der Waals surface area contributed by atoms with Crippen LogP contribution >= 0.6 is 11.3 Å². The summed E-state index contributed by atoms with van der Waals surface area (Å²) in [5, 5.41) is 1.79. The second-order valence-electron chi connectivity index (χ2n) is 4.34. The van der Waals surface area contributed by atoms with E-state index in [0.717, 1.165) is 12.8 Å². The number of unbranched alkanes of at least 4 members (excludes halogenated alkanes) is 1. The molecule has 0 aliphatic carbocycles. The maximum atomic E-state index is 12.7. The Labute approximate surface area is 118 Å². The van der Waals surface area contributed by atoms with Crippen molar-refractivity contribution in [2.75, 3.05) is 10.8 Å². The second kappa shape index (κ2) is 5.79. The molecule has 0 aliphatic heterocycles. The standard InChI is InChI=1S/C13H18N2O2S2/c1-3-4-10-15(12-7-5-9-14(12)2)19(16,17)13-8-6-11-18-13/h5-9,11H,3-4,10H2,1-2H3. The number of aryl methyl sites for hydroxylation is 1. The van der Waals surface area contributed by atoms with Crippen LogP contribution in [0.25, 0.3) is 0 Å². The monoisotopic (exact) mass is 298 g/mol. The lowest BCUT2D eigenvalue weighted by molar-refractivity contribution is 0.589. The second-order valence-corrected chi connectivity index (χ2v) is 7.38. The number of hydrogen-bond donors (Lipinski definition) is 0. The lowest BCUT2D eigenvalue weighted by atomic mass is 10.3. The van der Waals surface area contributed by atoms with E-state index in [2.05, 4.69) is 6.92 Å². The maximum Gasteiger partial charge on any atom is 0.274 e. The minimum absolute atomic E-state index is 0.393. The molecule has 2 heterocycles. The Morgan fingerprint density at radius 3 is 2.63 bits per heavy atom. The van der Waals surface area contributed by atoms with Gasteiger partial charge in [-0.15, -0.1) is 11.3 Å². The summed E-state index contributed by atoms with van der Waals surface area (Å²) < 4.78 is 29.1. The van der Waals surface area contributed by atoms with Gasteiger partial charge in [0.05, 0.1) is 0 Å². The topological polar surface area (TPSA) is 42.3 Å². The first-order valence-electron chi connectivity index (χ1n) is 6.25. The molecule has 6 heteroatoms. The number of nitrogens with zero attached hydrogens (tertiary/aromatic N) is 2. The highest BCUT2D eigenvalue weighted by molar-refractivity contribution is 7.94. The van der Waals surface area contributed by atoms with Crippen molar-refractivity contribution in [2.45, 2.75) is 24.0 Å². The fourth-order valence-corrected chi connectivity index (χ4v) is 4.53. The predicted molar refractivity (Wildman–Crippen MR) is 79.2 cm³/mol. The fraction of sp³-hybridized carbons (Fsp3) is 0.385. The lowest BCUT2D eigenvalue weighted by Gasteiger charge is -2.23. The third-order valence-electron chi connectivity index (χ3n) is 2.93. The van der Waals surface area contributed by atoms with Crippen LogP contribution in [0.1, 0.15) is 19.8 Å². The molecule has 0 fully saturated rings. The van der Waals surface area contributed by atoms with E-state index in [1.807, 2.05) is 29.9 Å². The predicted octanol–water partition coefficient (Wildman–Crippen LogP) is 3.08. The van der Waals surface area contributed by atoms with E-state index in [9.17, 15) is 8.42 Å². The molecule has 0 saturated heterocycles. The van der Waals surface area contributed by atoms with Gasteiger partial charge in [-0.1, -0.05) is 19.4 Å². The average molecular weight is 298 g/mol. The Morgan fingerprint density at radius 2 is 2.11 bits per heavy atom. The molecule has 0 saturated carbocycles. The van der Waals surface area contributed by atoms with Gasteiger partial charge in [-0.3, -0.25) is 4.31 Å². The third kappa shape index (κ3) is 2.84. The van der Waals surface area contributed by atoms with Crippen molar-refractivity contribution >= 4 is 27.2 Å². The molecule has 0 spiro atoms. The molecular weight excluding hydrogens is 280 g/mol. The summed E-state index contributed by atoms with van der Waals surface area (Å²) in [7, 11) is -1.59. The van der Waals surface area contributed by atoms with Crippen LogP contribution in [0.2, 0.25) is 0 Å².